The Morgan fingerprint density at radius 2 is 2.17 bits per heavy atom. The highest BCUT2D eigenvalue weighted by Crippen LogP contribution is 2.27. The molecule has 104 valence electrons. The summed E-state index contributed by atoms with van der Waals surface area (Å²) < 4.78 is 27.9. The van der Waals surface area contributed by atoms with Crippen LogP contribution in [-0.4, -0.2) is 26.5 Å². The van der Waals surface area contributed by atoms with Crippen LogP contribution in [0.25, 0.3) is 0 Å². The number of halogens is 1. The topological polar surface area (TPSA) is 59.3 Å². The smallest absolute Gasteiger partial charge is 0.197 e. The van der Waals surface area contributed by atoms with Crippen molar-refractivity contribution in [1.29, 1.82) is 0 Å². The molecule has 0 aliphatic rings. The number of hydrogen-bond donors (Lipinski definition) is 1. The molecule has 0 aliphatic heterocycles. The second-order valence-corrected chi connectivity index (χ2v) is 6.95. The molecule has 1 N–H and O–H groups in total. The van der Waals surface area contributed by atoms with Gasteiger partial charge in [0.2, 0.25) is 0 Å². The minimum absolute atomic E-state index is 0.0494. The van der Waals surface area contributed by atoms with Crippen LogP contribution in [0.15, 0.2) is 16.7 Å². The molecule has 0 fully saturated rings. The average molecular weight is 294 g/mol. The number of sulfone groups is 1. The lowest BCUT2D eigenvalue weighted by molar-refractivity contribution is 0.495. The Bertz CT molecular complexity index is 456. The van der Waals surface area contributed by atoms with Crippen LogP contribution < -0.4 is 5.32 Å². The van der Waals surface area contributed by atoms with E-state index in [2.05, 4.69) is 5.32 Å². The first-order valence-electron chi connectivity index (χ1n) is 6.16. The second kappa shape index (κ2) is 7.16. The van der Waals surface area contributed by atoms with E-state index < -0.39 is 9.84 Å². The van der Waals surface area contributed by atoms with Crippen molar-refractivity contribution in [3.8, 4) is 0 Å². The van der Waals surface area contributed by atoms with Crippen LogP contribution in [-0.2, 0) is 9.84 Å². The number of furan rings is 1. The van der Waals surface area contributed by atoms with Gasteiger partial charge in [-0.2, -0.15) is 0 Å². The maximum Gasteiger partial charge on any atom is 0.197 e. The van der Waals surface area contributed by atoms with Crippen LogP contribution >= 0.6 is 11.6 Å². The Hall–Kier alpha value is -0.520. The van der Waals surface area contributed by atoms with Gasteiger partial charge in [-0.15, -0.1) is 0 Å². The summed E-state index contributed by atoms with van der Waals surface area (Å²) in [5.74, 6) is 0.423. The van der Waals surface area contributed by atoms with Crippen molar-refractivity contribution in [2.24, 2.45) is 0 Å². The zero-order valence-electron chi connectivity index (χ0n) is 10.8. The molecule has 0 aliphatic carbocycles. The maximum absolute atomic E-state index is 11.4. The molecule has 1 rings (SSSR count). The molecule has 1 aromatic rings. The standard InChI is InChI=1S/C12H20ClNO3S/c1-3-14-11(10-7-8-17-12(10)13)6-5-9-18(15,16)4-2/h7-8,11,14H,3-6,9H2,1-2H3. The quantitative estimate of drug-likeness (QED) is 0.801. The zero-order valence-corrected chi connectivity index (χ0v) is 12.4. The van der Waals surface area contributed by atoms with Crippen LogP contribution in [0.3, 0.4) is 0 Å². The highest BCUT2D eigenvalue weighted by atomic mass is 35.5. The zero-order chi connectivity index (χ0) is 13.6. The summed E-state index contributed by atoms with van der Waals surface area (Å²) in [5, 5.41) is 3.67. The van der Waals surface area contributed by atoms with Gasteiger partial charge in [-0.25, -0.2) is 8.42 Å². The van der Waals surface area contributed by atoms with Gasteiger partial charge < -0.3 is 9.73 Å². The molecule has 0 amide bonds. The molecular weight excluding hydrogens is 274 g/mol. The van der Waals surface area contributed by atoms with Crippen molar-refractivity contribution in [1.82, 2.24) is 5.32 Å². The Morgan fingerprint density at radius 3 is 2.67 bits per heavy atom. The van der Waals surface area contributed by atoms with Crippen molar-refractivity contribution in [2.45, 2.75) is 32.7 Å². The molecule has 0 radical (unpaired) electrons. The fourth-order valence-corrected chi connectivity index (χ4v) is 2.96. The van der Waals surface area contributed by atoms with E-state index >= 15 is 0 Å². The van der Waals surface area contributed by atoms with Crippen molar-refractivity contribution < 1.29 is 12.8 Å². The van der Waals surface area contributed by atoms with E-state index in [9.17, 15) is 8.42 Å². The van der Waals surface area contributed by atoms with E-state index in [1.54, 1.807) is 13.2 Å². The molecule has 0 aromatic carbocycles. The van der Waals surface area contributed by atoms with Crippen LogP contribution in [0.2, 0.25) is 5.22 Å². The van der Waals surface area contributed by atoms with Gasteiger partial charge in [0.15, 0.2) is 5.22 Å². The molecule has 1 heterocycles. The molecule has 0 saturated carbocycles. The minimum atomic E-state index is -2.89. The molecule has 18 heavy (non-hydrogen) atoms. The first kappa shape index (κ1) is 15.5. The first-order chi connectivity index (χ1) is 8.50. The normalized spacial score (nSPS) is 13.7. The summed E-state index contributed by atoms with van der Waals surface area (Å²) in [5.41, 5.74) is 0.896. The predicted octanol–water partition coefficient (Wildman–Crippen LogP) is 2.80. The van der Waals surface area contributed by atoms with Crippen LogP contribution in [0, 0.1) is 0 Å². The van der Waals surface area contributed by atoms with E-state index in [0.717, 1.165) is 18.5 Å². The molecule has 0 spiro atoms. The van der Waals surface area contributed by atoms with Gasteiger partial charge in [-0.3, -0.25) is 0 Å². The van der Waals surface area contributed by atoms with Crippen LogP contribution in [0.4, 0.5) is 0 Å². The Balaban J connectivity index is 2.57. The van der Waals surface area contributed by atoms with Gasteiger partial charge in [0, 0.05) is 17.4 Å². The molecule has 1 aromatic heterocycles. The summed E-state index contributed by atoms with van der Waals surface area (Å²) >= 11 is 5.94. The lowest BCUT2D eigenvalue weighted by Crippen LogP contribution is -2.21. The van der Waals surface area contributed by atoms with Crippen molar-refractivity contribution in [3.05, 3.63) is 23.1 Å². The SMILES string of the molecule is CCNC(CCCS(=O)(=O)CC)c1ccoc1Cl. The summed E-state index contributed by atoms with van der Waals surface area (Å²) in [6, 6.07) is 1.87. The Kier molecular flexibility index (Phi) is 6.18. The number of hydrogen-bond acceptors (Lipinski definition) is 4. The van der Waals surface area contributed by atoms with Gasteiger partial charge in [-0.05, 0) is 37.1 Å². The minimum Gasteiger partial charge on any atom is -0.453 e. The fraction of sp³-hybridized carbons (Fsp3) is 0.667. The van der Waals surface area contributed by atoms with E-state index in [0.29, 0.717) is 11.6 Å². The van der Waals surface area contributed by atoms with Crippen molar-refractivity contribution >= 4 is 21.4 Å². The summed E-state index contributed by atoms with van der Waals surface area (Å²) in [6.45, 7) is 4.47. The molecule has 1 atom stereocenters. The monoisotopic (exact) mass is 293 g/mol. The van der Waals surface area contributed by atoms with Crippen LogP contribution in [0.1, 0.15) is 38.3 Å². The molecule has 6 heteroatoms. The largest absolute Gasteiger partial charge is 0.453 e. The lowest BCUT2D eigenvalue weighted by atomic mass is 10.1. The summed E-state index contributed by atoms with van der Waals surface area (Å²) in [7, 11) is -2.89. The van der Waals surface area contributed by atoms with Gasteiger partial charge >= 0.3 is 0 Å². The van der Waals surface area contributed by atoms with Crippen molar-refractivity contribution in [2.75, 3.05) is 18.1 Å². The van der Waals surface area contributed by atoms with Gasteiger partial charge in [0.05, 0.1) is 12.0 Å². The van der Waals surface area contributed by atoms with E-state index in [4.69, 9.17) is 16.0 Å². The third-order valence-corrected chi connectivity index (χ3v) is 4.96. The fourth-order valence-electron chi connectivity index (χ4n) is 1.82. The lowest BCUT2D eigenvalue weighted by Gasteiger charge is -2.16. The number of nitrogens with one attached hydrogen (secondary N) is 1. The van der Waals surface area contributed by atoms with Gasteiger partial charge in [-0.1, -0.05) is 13.8 Å². The molecule has 0 bridgehead atoms. The Labute approximate surface area is 114 Å². The third kappa shape index (κ3) is 4.63. The Morgan fingerprint density at radius 1 is 1.44 bits per heavy atom. The predicted molar refractivity (Wildman–Crippen MR) is 73.7 cm³/mol. The highest BCUT2D eigenvalue weighted by molar-refractivity contribution is 7.91. The van der Waals surface area contributed by atoms with E-state index in [1.165, 1.54) is 0 Å². The molecular formula is C12H20ClNO3S. The third-order valence-electron chi connectivity index (χ3n) is 2.86. The van der Waals surface area contributed by atoms with E-state index in [1.807, 2.05) is 13.0 Å². The van der Waals surface area contributed by atoms with Gasteiger partial charge in [0.25, 0.3) is 0 Å². The maximum atomic E-state index is 11.4. The van der Waals surface area contributed by atoms with E-state index in [-0.39, 0.29) is 17.5 Å². The molecule has 0 saturated heterocycles. The average Bonchev–Trinajstić information content (AvgIpc) is 2.74. The summed E-state index contributed by atoms with van der Waals surface area (Å²) in [6.07, 6.45) is 2.90. The summed E-state index contributed by atoms with van der Waals surface area (Å²) in [4.78, 5) is 0. The highest BCUT2D eigenvalue weighted by Gasteiger charge is 2.17. The van der Waals surface area contributed by atoms with Crippen LogP contribution in [0.5, 0.6) is 0 Å². The first-order valence-corrected chi connectivity index (χ1v) is 8.36. The molecule has 1 unspecified atom stereocenters. The molecule has 4 nitrogen and oxygen atoms in total. The number of rotatable bonds is 8. The van der Waals surface area contributed by atoms with Gasteiger partial charge in [0.1, 0.15) is 9.84 Å². The van der Waals surface area contributed by atoms with Crippen molar-refractivity contribution in [3.63, 3.8) is 0 Å². The second-order valence-electron chi connectivity index (χ2n) is 4.14.